The van der Waals surface area contributed by atoms with Crippen LogP contribution >= 0.6 is 0 Å². The van der Waals surface area contributed by atoms with Gasteiger partial charge in [-0.2, -0.15) is 0 Å². The van der Waals surface area contributed by atoms with Crippen LogP contribution in [0.4, 0.5) is 5.69 Å². The SMILES string of the molecule is CS(=O)(=O)C1CN(C(=O)c2ccc(-c3ccc(N4CCCC4)cc3)nn2)C1. The lowest BCUT2D eigenvalue weighted by Gasteiger charge is -2.37. The molecular formula is C19H22N4O3S. The molecule has 0 atom stereocenters. The van der Waals surface area contributed by atoms with Gasteiger partial charge in [-0.05, 0) is 37.1 Å². The zero-order valence-electron chi connectivity index (χ0n) is 15.2. The van der Waals surface area contributed by atoms with Gasteiger partial charge in [0, 0.05) is 43.7 Å². The zero-order valence-corrected chi connectivity index (χ0v) is 16.0. The fourth-order valence-corrected chi connectivity index (χ4v) is 4.36. The summed E-state index contributed by atoms with van der Waals surface area (Å²) in [4.78, 5) is 16.2. The topological polar surface area (TPSA) is 83.5 Å². The van der Waals surface area contributed by atoms with Gasteiger partial charge in [0.05, 0.1) is 10.9 Å². The van der Waals surface area contributed by atoms with Gasteiger partial charge in [-0.3, -0.25) is 4.79 Å². The van der Waals surface area contributed by atoms with E-state index in [1.807, 2.05) is 12.1 Å². The Morgan fingerprint density at radius 1 is 1.00 bits per heavy atom. The quantitative estimate of drug-likeness (QED) is 0.794. The van der Waals surface area contributed by atoms with Gasteiger partial charge in [0.25, 0.3) is 5.91 Å². The number of hydrogen-bond acceptors (Lipinski definition) is 6. The van der Waals surface area contributed by atoms with E-state index in [2.05, 4.69) is 27.2 Å². The van der Waals surface area contributed by atoms with Crippen molar-refractivity contribution in [2.24, 2.45) is 0 Å². The average molecular weight is 386 g/mol. The van der Waals surface area contributed by atoms with Gasteiger partial charge in [0.15, 0.2) is 15.5 Å². The Kier molecular flexibility index (Phi) is 4.59. The normalized spacial score (nSPS) is 17.8. The Bertz CT molecular complexity index is 930. The van der Waals surface area contributed by atoms with Crippen LogP contribution in [0.1, 0.15) is 23.3 Å². The average Bonchev–Trinajstić information content (AvgIpc) is 3.14. The van der Waals surface area contributed by atoms with Gasteiger partial charge >= 0.3 is 0 Å². The highest BCUT2D eigenvalue weighted by molar-refractivity contribution is 7.91. The van der Waals surface area contributed by atoms with Crippen molar-refractivity contribution < 1.29 is 13.2 Å². The Morgan fingerprint density at radius 2 is 1.67 bits per heavy atom. The summed E-state index contributed by atoms with van der Waals surface area (Å²) in [5, 5.41) is 7.75. The molecule has 2 fully saturated rings. The minimum absolute atomic E-state index is 0.221. The number of nitrogens with zero attached hydrogens (tertiary/aromatic N) is 4. The maximum atomic E-state index is 12.4. The zero-order chi connectivity index (χ0) is 19.0. The van der Waals surface area contributed by atoms with Crippen molar-refractivity contribution in [3.63, 3.8) is 0 Å². The molecule has 2 aliphatic heterocycles. The molecule has 7 nitrogen and oxygen atoms in total. The molecule has 2 aromatic rings. The number of carbonyl (C=O) groups is 1. The molecule has 0 N–H and O–H groups in total. The van der Waals surface area contributed by atoms with Gasteiger partial charge in [-0.25, -0.2) is 8.42 Å². The minimum Gasteiger partial charge on any atom is -0.372 e. The first-order chi connectivity index (χ1) is 12.9. The van der Waals surface area contributed by atoms with Crippen LogP contribution in [0.15, 0.2) is 36.4 Å². The van der Waals surface area contributed by atoms with Crippen molar-refractivity contribution in [2.75, 3.05) is 37.3 Å². The van der Waals surface area contributed by atoms with Gasteiger partial charge in [-0.1, -0.05) is 12.1 Å². The van der Waals surface area contributed by atoms with Crippen molar-refractivity contribution >= 4 is 21.4 Å². The van der Waals surface area contributed by atoms with E-state index >= 15 is 0 Å². The third kappa shape index (κ3) is 3.66. The molecule has 2 saturated heterocycles. The van der Waals surface area contributed by atoms with E-state index in [1.54, 1.807) is 12.1 Å². The van der Waals surface area contributed by atoms with Crippen LogP contribution in [0.25, 0.3) is 11.3 Å². The lowest BCUT2D eigenvalue weighted by Crippen LogP contribution is -2.56. The van der Waals surface area contributed by atoms with Crippen molar-refractivity contribution in [1.29, 1.82) is 0 Å². The number of hydrogen-bond donors (Lipinski definition) is 0. The molecule has 4 rings (SSSR count). The summed E-state index contributed by atoms with van der Waals surface area (Å²) in [5.74, 6) is -0.279. The number of amides is 1. The molecule has 3 heterocycles. The molecule has 0 saturated carbocycles. The third-order valence-electron chi connectivity index (χ3n) is 5.26. The number of anilines is 1. The summed E-state index contributed by atoms with van der Waals surface area (Å²) in [6.07, 6.45) is 3.68. The van der Waals surface area contributed by atoms with Crippen molar-refractivity contribution in [3.8, 4) is 11.3 Å². The van der Waals surface area contributed by atoms with Gasteiger partial charge in [0.1, 0.15) is 0 Å². The predicted octanol–water partition coefficient (Wildman–Crippen LogP) is 1.61. The molecule has 0 bridgehead atoms. The second-order valence-electron chi connectivity index (χ2n) is 7.21. The highest BCUT2D eigenvalue weighted by Crippen LogP contribution is 2.24. The van der Waals surface area contributed by atoms with E-state index in [4.69, 9.17) is 0 Å². The maximum Gasteiger partial charge on any atom is 0.274 e. The molecule has 1 amide bonds. The maximum absolute atomic E-state index is 12.4. The summed E-state index contributed by atoms with van der Waals surface area (Å²) in [7, 11) is -3.10. The molecule has 0 radical (unpaired) electrons. The van der Waals surface area contributed by atoms with Crippen LogP contribution in [-0.4, -0.2) is 67.1 Å². The van der Waals surface area contributed by atoms with Crippen molar-refractivity contribution in [2.45, 2.75) is 18.1 Å². The Morgan fingerprint density at radius 3 is 2.22 bits per heavy atom. The van der Waals surface area contributed by atoms with Gasteiger partial charge in [-0.15, -0.1) is 10.2 Å². The highest BCUT2D eigenvalue weighted by atomic mass is 32.2. The number of sulfone groups is 1. The van der Waals surface area contributed by atoms with Crippen LogP contribution in [0.3, 0.4) is 0 Å². The molecular weight excluding hydrogens is 364 g/mol. The molecule has 8 heteroatoms. The molecule has 1 aromatic heterocycles. The molecule has 0 unspecified atom stereocenters. The van der Waals surface area contributed by atoms with E-state index in [-0.39, 0.29) is 24.7 Å². The molecule has 142 valence electrons. The second-order valence-corrected chi connectivity index (χ2v) is 9.53. The summed E-state index contributed by atoms with van der Waals surface area (Å²) in [6, 6.07) is 11.6. The van der Waals surface area contributed by atoms with Crippen LogP contribution in [0.2, 0.25) is 0 Å². The van der Waals surface area contributed by atoms with Gasteiger partial charge in [0.2, 0.25) is 0 Å². The Balaban J connectivity index is 1.42. The van der Waals surface area contributed by atoms with E-state index in [0.29, 0.717) is 5.69 Å². The molecule has 2 aliphatic rings. The first-order valence-corrected chi connectivity index (χ1v) is 11.0. The smallest absolute Gasteiger partial charge is 0.274 e. The lowest BCUT2D eigenvalue weighted by molar-refractivity contribution is 0.0652. The molecule has 27 heavy (non-hydrogen) atoms. The van der Waals surface area contributed by atoms with E-state index in [9.17, 15) is 13.2 Å². The van der Waals surface area contributed by atoms with Gasteiger partial charge < -0.3 is 9.80 Å². The number of carbonyl (C=O) groups excluding carboxylic acids is 1. The number of benzene rings is 1. The van der Waals surface area contributed by atoms with Crippen LogP contribution in [-0.2, 0) is 9.84 Å². The first kappa shape index (κ1) is 17.9. The van der Waals surface area contributed by atoms with Crippen LogP contribution < -0.4 is 4.90 Å². The Labute approximate surface area is 158 Å². The van der Waals surface area contributed by atoms with Crippen molar-refractivity contribution in [3.05, 3.63) is 42.1 Å². The summed E-state index contributed by atoms with van der Waals surface area (Å²) >= 11 is 0. The fraction of sp³-hybridized carbons (Fsp3) is 0.421. The Hall–Kier alpha value is -2.48. The standard InChI is InChI=1S/C19H22N4O3S/c1-27(25,26)16-12-23(13-16)19(24)18-9-8-17(20-21-18)14-4-6-15(7-5-14)22-10-2-3-11-22/h4-9,16H,2-3,10-13H2,1H3. The largest absolute Gasteiger partial charge is 0.372 e. The first-order valence-electron chi connectivity index (χ1n) is 9.09. The van der Waals surface area contributed by atoms with E-state index in [1.165, 1.54) is 29.7 Å². The summed E-state index contributed by atoms with van der Waals surface area (Å²) in [5.41, 5.74) is 3.11. The minimum atomic E-state index is -3.10. The van der Waals surface area contributed by atoms with E-state index < -0.39 is 15.1 Å². The monoisotopic (exact) mass is 386 g/mol. The summed E-state index contributed by atoms with van der Waals surface area (Å²) < 4.78 is 22.9. The summed E-state index contributed by atoms with van der Waals surface area (Å²) in [6.45, 7) is 2.65. The number of rotatable bonds is 4. The number of aromatic nitrogens is 2. The highest BCUT2D eigenvalue weighted by Gasteiger charge is 2.38. The molecule has 1 aromatic carbocycles. The third-order valence-corrected chi connectivity index (χ3v) is 6.77. The van der Waals surface area contributed by atoms with Crippen molar-refractivity contribution in [1.82, 2.24) is 15.1 Å². The predicted molar refractivity (Wildman–Crippen MR) is 103 cm³/mol. The van der Waals surface area contributed by atoms with Crippen LogP contribution in [0.5, 0.6) is 0 Å². The van der Waals surface area contributed by atoms with Crippen LogP contribution in [0, 0.1) is 0 Å². The fourth-order valence-electron chi connectivity index (χ4n) is 3.46. The second kappa shape index (κ2) is 6.92. The van der Waals surface area contributed by atoms with E-state index in [0.717, 1.165) is 18.7 Å². The molecule has 0 spiro atoms. The molecule has 0 aliphatic carbocycles. The number of likely N-dealkylation sites (tertiary alicyclic amines) is 1. The lowest BCUT2D eigenvalue weighted by atomic mass is 10.1.